The number of non-ortho nitro benzene ring substituents is 1. The first-order valence-electron chi connectivity index (χ1n) is 11.5. The van der Waals surface area contributed by atoms with Gasteiger partial charge in [-0.05, 0) is 38.5 Å². The number of nitro benzene ring substituents is 1. The summed E-state index contributed by atoms with van der Waals surface area (Å²) in [7, 11) is 1.76. The predicted molar refractivity (Wildman–Crippen MR) is 137 cm³/mol. The first-order chi connectivity index (χ1) is 16.8. The van der Waals surface area contributed by atoms with Crippen LogP contribution in [0.4, 0.5) is 11.4 Å². The molecule has 0 saturated heterocycles. The zero-order valence-electron chi connectivity index (χ0n) is 19.9. The maximum absolute atomic E-state index is 14.6. The molecule has 2 N–H and O–H groups in total. The molecule has 6 rings (SSSR count). The van der Waals surface area contributed by atoms with Gasteiger partial charge in [-0.15, -0.1) is 0 Å². The molecule has 0 atom stereocenters. The number of para-hydroxylation sites is 2. The number of hydrogen-bond acceptors (Lipinski definition) is 3. The summed E-state index contributed by atoms with van der Waals surface area (Å²) in [6.07, 6.45) is 0. The number of amides is 1. The number of anilines is 1. The van der Waals surface area contributed by atoms with Gasteiger partial charge in [-0.1, -0.05) is 36.4 Å². The van der Waals surface area contributed by atoms with Crippen molar-refractivity contribution < 1.29 is 9.72 Å². The predicted octanol–water partition coefficient (Wildman–Crippen LogP) is 5.79. The van der Waals surface area contributed by atoms with Gasteiger partial charge in [-0.3, -0.25) is 14.9 Å². The van der Waals surface area contributed by atoms with Gasteiger partial charge in [0.25, 0.3) is 5.69 Å². The van der Waals surface area contributed by atoms with E-state index in [-0.39, 0.29) is 16.5 Å². The molecule has 7 heteroatoms. The number of nitrogens with one attached hydrogen (secondary N) is 2. The second-order valence-electron chi connectivity index (χ2n) is 9.37. The van der Waals surface area contributed by atoms with Crippen molar-refractivity contribution in [2.45, 2.75) is 26.2 Å². The van der Waals surface area contributed by atoms with Crippen LogP contribution in [0, 0.1) is 30.9 Å². The third kappa shape index (κ3) is 2.58. The highest BCUT2D eigenvalue weighted by atomic mass is 16.6. The molecule has 7 nitrogen and oxygen atoms in total. The molecule has 3 heterocycles. The minimum atomic E-state index is -1.27. The highest BCUT2D eigenvalue weighted by Crippen LogP contribution is 2.56. The Hall–Kier alpha value is -4.39. The van der Waals surface area contributed by atoms with E-state index in [2.05, 4.69) is 9.97 Å². The van der Waals surface area contributed by atoms with E-state index in [0.717, 1.165) is 50.0 Å². The molecule has 0 bridgehead atoms. The van der Waals surface area contributed by atoms with Crippen molar-refractivity contribution >= 4 is 39.1 Å². The van der Waals surface area contributed by atoms with Gasteiger partial charge in [-0.2, -0.15) is 0 Å². The first kappa shape index (κ1) is 21.2. The van der Waals surface area contributed by atoms with E-state index in [0.29, 0.717) is 11.1 Å². The number of carbonyl (C=O) groups excluding carboxylic acids is 1. The monoisotopic (exact) mass is 464 g/mol. The Bertz CT molecular complexity index is 1630. The molecule has 0 spiro atoms. The van der Waals surface area contributed by atoms with Gasteiger partial charge in [0.05, 0.1) is 10.6 Å². The number of aryl methyl sites for hydroxylation is 3. The largest absolute Gasteiger partial charge is 0.358 e. The van der Waals surface area contributed by atoms with Crippen LogP contribution in [0.3, 0.4) is 0 Å². The van der Waals surface area contributed by atoms with Gasteiger partial charge in [0, 0.05) is 69.1 Å². The van der Waals surface area contributed by atoms with Crippen LogP contribution in [0.5, 0.6) is 0 Å². The Morgan fingerprint density at radius 3 is 1.89 bits per heavy atom. The second-order valence-corrected chi connectivity index (χ2v) is 9.37. The van der Waals surface area contributed by atoms with Crippen LogP contribution in [0.2, 0.25) is 0 Å². The number of aromatic amines is 2. The Morgan fingerprint density at radius 1 is 0.857 bits per heavy atom. The fourth-order valence-electron chi connectivity index (χ4n) is 6.19. The van der Waals surface area contributed by atoms with Crippen molar-refractivity contribution in [1.29, 1.82) is 0 Å². The van der Waals surface area contributed by atoms with Crippen molar-refractivity contribution in [3.05, 3.63) is 104 Å². The molecule has 0 radical (unpaired) electrons. The number of H-pyrrole nitrogens is 2. The maximum atomic E-state index is 14.6. The number of likely N-dealkylation sites (N-methyl/N-ethyl adjacent to an activating group) is 1. The molecule has 1 aliphatic heterocycles. The zero-order chi connectivity index (χ0) is 24.6. The topological polar surface area (TPSA) is 95.0 Å². The fourth-order valence-corrected chi connectivity index (χ4v) is 6.19. The molecular weight excluding hydrogens is 440 g/mol. The maximum Gasteiger partial charge on any atom is 0.270 e. The number of rotatable bonds is 3. The third-order valence-corrected chi connectivity index (χ3v) is 7.40. The lowest BCUT2D eigenvalue weighted by molar-refractivity contribution is -0.385. The molecule has 0 fully saturated rings. The number of hydrogen-bond donors (Lipinski definition) is 2. The molecule has 2 aromatic heterocycles. The van der Waals surface area contributed by atoms with Gasteiger partial charge in [-0.25, -0.2) is 0 Å². The molecule has 174 valence electrons. The summed E-state index contributed by atoms with van der Waals surface area (Å²) in [5.41, 5.74) is 5.97. The average Bonchev–Trinajstić information content (AvgIpc) is 3.41. The van der Waals surface area contributed by atoms with Crippen LogP contribution in [0.25, 0.3) is 21.8 Å². The molecule has 1 aliphatic rings. The minimum absolute atomic E-state index is 0.0243. The quantitative estimate of drug-likeness (QED) is 0.261. The summed E-state index contributed by atoms with van der Waals surface area (Å²) in [5, 5.41) is 13.8. The van der Waals surface area contributed by atoms with Gasteiger partial charge in [0.15, 0.2) is 0 Å². The van der Waals surface area contributed by atoms with Crippen molar-refractivity contribution in [2.24, 2.45) is 0 Å². The normalized spacial score (nSPS) is 14.7. The molecule has 35 heavy (non-hydrogen) atoms. The van der Waals surface area contributed by atoms with Crippen molar-refractivity contribution in [2.75, 3.05) is 11.9 Å². The number of nitrogens with zero attached hydrogens (tertiary/aromatic N) is 2. The molecule has 0 aliphatic carbocycles. The molecule has 0 unspecified atom stereocenters. The Morgan fingerprint density at radius 2 is 1.37 bits per heavy atom. The number of aromatic nitrogens is 2. The van der Waals surface area contributed by atoms with E-state index in [1.807, 2.05) is 69.3 Å². The molecule has 1 amide bonds. The number of nitro groups is 1. The van der Waals surface area contributed by atoms with Crippen molar-refractivity contribution in [1.82, 2.24) is 9.97 Å². The molecular formula is C28H24N4O3. The first-order valence-corrected chi connectivity index (χ1v) is 11.5. The van der Waals surface area contributed by atoms with Gasteiger partial charge >= 0.3 is 0 Å². The van der Waals surface area contributed by atoms with Crippen molar-refractivity contribution in [3.8, 4) is 0 Å². The average molecular weight is 465 g/mol. The second kappa shape index (κ2) is 7.06. The lowest BCUT2D eigenvalue weighted by atomic mass is 9.68. The van der Waals surface area contributed by atoms with E-state index >= 15 is 0 Å². The number of fused-ring (bicyclic) bond motifs is 3. The summed E-state index contributed by atoms with van der Waals surface area (Å²) in [6, 6.07) is 19.0. The van der Waals surface area contributed by atoms with E-state index in [4.69, 9.17) is 0 Å². The Kier molecular flexibility index (Phi) is 4.27. The Labute approximate surface area is 201 Å². The molecule has 3 aromatic carbocycles. The summed E-state index contributed by atoms with van der Waals surface area (Å²) in [5.74, 6) is -0.128. The van der Waals surface area contributed by atoms with E-state index < -0.39 is 5.41 Å². The van der Waals surface area contributed by atoms with Gasteiger partial charge in [0.2, 0.25) is 5.91 Å². The minimum Gasteiger partial charge on any atom is -0.358 e. The fraction of sp³-hybridized carbons (Fsp3) is 0.179. The Balaban J connectivity index is 1.89. The summed E-state index contributed by atoms with van der Waals surface area (Å²) >= 11 is 0. The smallest absolute Gasteiger partial charge is 0.270 e. The van der Waals surface area contributed by atoms with Gasteiger partial charge in [0.1, 0.15) is 5.41 Å². The van der Waals surface area contributed by atoms with Crippen LogP contribution in [0.1, 0.15) is 33.6 Å². The SMILES string of the molecule is Cc1cc([N+](=O)[O-])cc2c1N(C)C(=O)C2(c1c(C)[nH]c2ccccc12)c1c(C)[nH]c2ccccc12. The summed E-state index contributed by atoms with van der Waals surface area (Å²) in [6.45, 7) is 5.77. The lowest BCUT2D eigenvalue weighted by Crippen LogP contribution is -2.41. The van der Waals surface area contributed by atoms with Crippen molar-refractivity contribution in [3.63, 3.8) is 0 Å². The van der Waals surface area contributed by atoms with E-state index in [9.17, 15) is 14.9 Å². The van der Waals surface area contributed by atoms with E-state index in [1.165, 1.54) is 0 Å². The van der Waals surface area contributed by atoms with Crippen LogP contribution >= 0.6 is 0 Å². The van der Waals surface area contributed by atoms with Gasteiger partial charge < -0.3 is 14.9 Å². The van der Waals surface area contributed by atoms with Crippen LogP contribution in [0.15, 0.2) is 60.7 Å². The van der Waals surface area contributed by atoms with Crippen LogP contribution < -0.4 is 4.90 Å². The molecule has 0 saturated carbocycles. The standard InChI is InChI=1S/C28H24N4O3/c1-15-13-18(32(34)35)14-21-26(15)31(4)27(33)28(21,24-16(2)29-22-11-7-5-9-19(22)24)25-17(3)30-23-12-8-6-10-20(23)25/h5-14,29-30H,1-4H3. The summed E-state index contributed by atoms with van der Waals surface area (Å²) < 4.78 is 0. The highest BCUT2D eigenvalue weighted by Gasteiger charge is 2.57. The van der Waals surface area contributed by atoms with Crippen LogP contribution in [-0.2, 0) is 10.2 Å². The zero-order valence-corrected chi connectivity index (χ0v) is 19.9. The number of carbonyl (C=O) groups is 1. The molecule has 5 aromatic rings. The third-order valence-electron chi connectivity index (χ3n) is 7.40. The summed E-state index contributed by atoms with van der Waals surface area (Å²) in [4.78, 5) is 34.8. The van der Waals surface area contributed by atoms with Crippen LogP contribution in [-0.4, -0.2) is 27.8 Å². The van der Waals surface area contributed by atoms with E-state index in [1.54, 1.807) is 24.1 Å². The highest BCUT2D eigenvalue weighted by molar-refractivity contribution is 6.17. The number of benzene rings is 3. The lowest BCUT2D eigenvalue weighted by Gasteiger charge is -2.30.